The molecule has 17 heteroatoms. The first-order valence-corrected chi connectivity index (χ1v) is 17.2. The highest BCUT2D eigenvalue weighted by molar-refractivity contribution is 7.85. The number of benzene rings is 5. The van der Waals surface area contributed by atoms with Crippen LogP contribution in [0.1, 0.15) is 15.9 Å². The summed E-state index contributed by atoms with van der Waals surface area (Å²) in [4.78, 5) is 35.6. The van der Waals surface area contributed by atoms with Gasteiger partial charge in [0.05, 0.1) is 39.0 Å². The molecule has 0 unspecified atom stereocenters. The molecule has 5 aromatic rings. The maximum Gasteiger partial charge on any atom is 0.339 e. The van der Waals surface area contributed by atoms with Crippen molar-refractivity contribution in [3.05, 3.63) is 126 Å². The largest absolute Gasteiger partial charge is 0.478 e. The van der Waals surface area contributed by atoms with Gasteiger partial charge in [-0.15, -0.1) is 10.2 Å². The molecule has 1 aliphatic rings. The van der Waals surface area contributed by atoms with Crippen molar-refractivity contribution in [1.82, 2.24) is 0 Å². The number of carbonyl (C=O) groups excluding carboxylic acids is 2. The number of anilines is 4. The Balaban J connectivity index is 1.11. The van der Waals surface area contributed by atoms with Crippen molar-refractivity contribution in [2.24, 2.45) is 25.6 Å². The Bertz CT molecular complexity index is 2620. The van der Waals surface area contributed by atoms with Gasteiger partial charge in [-0.25, -0.2) is 4.79 Å². The number of allylic oxidation sites excluding steroid dienone is 3. The molecule has 1 amide bonds. The second-order valence-corrected chi connectivity index (χ2v) is 13.2. The second kappa shape index (κ2) is 15.1. The molecule has 0 heterocycles. The lowest BCUT2D eigenvalue weighted by molar-refractivity contribution is -0.134. The molecule has 0 radical (unpaired) electrons. The molecular weight excluding hydrogens is 715 g/mol. The third-order valence-corrected chi connectivity index (χ3v) is 8.82. The summed E-state index contributed by atoms with van der Waals surface area (Å²) in [6, 6.07) is 23.8. The summed E-state index contributed by atoms with van der Waals surface area (Å²) >= 11 is 0. The number of nitrogen functional groups attached to an aromatic ring is 2. The van der Waals surface area contributed by atoms with E-state index in [4.69, 9.17) is 16.6 Å². The predicted molar refractivity (Wildman–Crippen MR) is 204 cm³/mol. The van der Waals surface area contributed by atoms with Gasteiger partial charge in [-0.1, -0.05) is 12.1 Å². The molecule has 6 rings (SSSR count). The summed E-state index contributed by atoms with van der Waals surface area (Å²) < 4.78 is 32.1. The highest BCUT2D eigenvalue weighted by Gasteiger charge is 2.19. The maximum atomic E-state index is 12.9. The zero-order valence-electron chi connectivity index (χ0n) is 28.1. The van der Waals surface area contributed by atoms with Gasteiger partial charge in [-0.05, 0) is 120 Å². The molecule has 0 saturated heterocycles. The highest BCUT2D eigenvalue weighted by atomic mass is 32.2. The van der Waals surface area contributed by atoms with Gasteiger partial charge in [-0.2, -0.15) is 23.7 Å². The first kappa shape index (κ1) is 36.4. The number of nitrogens with zero attached hydrogens (tertiary/aromatic N) is 5. The average molecular weight is 744 g/mol. The lowest BCUT2D eigenvalue weighted by Gasteiger charge is -2.09. The minimum atomic E-state index is -4.34. The average Bonchev–Trinajstić information content (AvgIpc) is 3.15. The van der Waals surface area contributed by atoms with E-state index in [0.717, 1.165) is 6.08 Å². The number of hydrazone groups is 1. The number of aryl methyl sites for hydroxylation is 1. The number of hydrogen-bond acceptors (Lipinski definition) is 13. The third-order valence-electron chi connectivity index (χ3n) is 7.97. The molecule has 8 N–H and O–H groups in total. The van der Waals surface area contributed by atoms with Crippen LogP contribution < -0.4 is 22.2 Å². The molecule has 0 saturated carbocycles. The molecule has 0 atom stereocenters. The van der Waals surface area contributed by atoms with Gasteiger partial charge < -0.3 is 21.9 Å². The van der Waals surface area contributed by atoms with Crippen LogP contribution in [0.3, 0.4) is 0 Å². The van der Waals surface area contributed by atoms with Crippen LogP contribution in [0.15, 0.2) is 145 Å². The molecule has 0 spiro atoms. The number of hydrogen-bond donors (Lipinski definition) is 6. The molecule has 0 fully saturated rings. The lowest BCUT2D eigenvalue weighted by atomic mass is 10.0. The van der Waals surface area contributed by atoms with E-state index >= 15 is 0 Å². The van der Waals surface area contributed by atoms with E-state index in [1.54, 1.807) is 79.7 Å². The molecule has 0 aliphatic heterocycles. The van der Waals surface area contributed by atoms with E-state index in [2.05, 4.69) is 36.3 Å². The number of carboxylic acids is 1. The Kier molecular flexibility index (Phi) is 10.2. The minimum Gasteiger partial charge on any atom is -0.478 e. The van der Waals surface area contributed by atoms with Gasteiger partial charge >= 0.3 is 5.97 Å². The summed E-state index contributed by atoms with van der Waals surface area (Å²) in [5.41, 5.74) is 19.2. The number of azo groups is 2. The van der Waals surface area contributed by atoms with Crippen molar-refractivity contribution < 1.29 is 32.5 Å². The van der Waals surface area contributed by atoms with Crippen molar-refractivity contribution in [2.45, 2.75) is 11.8 Å². The van der Waals surface area contributed by atoms with Crippen LogP contribution >= 0.6 is 0 Å². The van der Waals surface area contributed by atoms with Crippen molar-refractivity contribution in [3.8, 4) is 0 Å². The van der Waals surface area contributed by atoms with Gasteiger partial charge in [0.2, 0.25) is 0 Å². The number of aliphatic carboxylic acids is 1. The monoisotopic (exact) mass is 743 g/mol. The van der Waals surface area contributed by atoms with E-state index in [1.165, 1.54) is 30.4 Å². The number of nitrogens with one attached hydrogen (secondary N) is 2. The number of fused-ring (bicyclic) bond motifs is 1. The standard InChI is InChI=1S/C37H29N9O7S/c1-20-16-31(34(39)35(33(20)38)46-43-26-11-9-25(10-12-26)41-44-28-13-15-32(47)30(19-28)37(49)50)45-42-24-6-2-21(3-7-24)36(48)40-27-8-4-23-18-29(54(51,52)53)14-5-22(23)17-27/h2-19,41H,38-39H2,1H3,(H,40,48)(H,49,50)(H,51,52,53). The lowest BCUT2D eigenvalue weighted by Crippen LogP contribution is -2.15. The number of amides is 1. The first-order chi connectivity index (χ1) is 25.7. The molecule has 5 aromatic carbocycles. The van der Waals surface area contributed by atoms with Crippen LogP contribution in [0, 0.1) is 6.92 Å². The van der Waals surface area contributed by atoms with Crippen LogP contribution in [-0.4, -0.2) is 41.4 Å². The van der Waals surface area contributed by atoms with Crippen molar-refractivity contribution in [1.29, 1.82) is 0 Å². The quantitative estimate of drug-likeness (QED) is 0.0204. The minimum absolute atomic E-state index is 0.146. The fraction of sp³-hybridized carbons (Fsp3) is 0.0270. The molecular formula is C37H29N9O7S. The zero-order valence-corrected chi connectivity index (χ0v) is 28.9. The van der Waals surface area contributed by atoms with E-state index in [0.29, 0.717) is 56.0 Å². The normalized spacial score (nSPS) is 13.9. The summed E-state index contributed by atoms with van der Waals surface area (Å²) in [5, 5.41) is 34.4. The second-order valence-electron chi connectivity index (χ2n) is 11.7. The Hall–Kier alpha value is -7.37. The SMILES string of the molecule is Cc1cc(N=Nc2ccc(C(=O)Nc3ccc4cc(S(=O)(=O)O)ccc4c3)cc2)c(N)c(N=Nc2ccc(NN=C3C=CC(=O)C(C(=O)O)=C3)cc2)c1N. The number of carbonyl (C=O) groups is 3. The van der Waals surface area contributed by atoms with E-state index in [-0.39, 0.29) is 33.5 Å². The van der Waals surface area contributed by atoms with Crippen LogP contribution in [-0.2, 0) is 19.7 Å². The van der Waals surface area contributed by atoms with E-state index in [9.17, 15) is 27.4 Å². The number of rotatable bonds is 10. The van der Waals surface area contributed by atoms with Crippen LogP contribution in [0.4, 0.5) is 45.5 Å². The first-order valence-electron chi connectivity index (χ1n) is 15.8. The van der Waals surface area contributed by atoms with Crippen molar-refractivity contribution >= 4 is 89.8 Å². The van der Waals surface area contributed by atoms with E-state index in [1.807, 2.05) is 0 Å². The van der Waals surface area contributed by atoms with Gasteiger partial charge in [0, 0.05) is 11.3 Å². The van der Waals surface area contributed by atoms with Crippen LogP contribution in [0.25, 0.3) is 10.8 Å². The Morgan fingerprint density at radius 2 is 1.37 bits per heavy atom. The molecule has 1 aliphatic carbocycles. The van der Waals surface area contributed by atoms with Crippen LogP contribution in [0.5, 0.6) is 0 Å². The topological polar surface area (TPSA) is 264 Å². The van der Waals surface area contributed by atoms with Crippen LogP contribution in [0.2, 0.25) is 0 Å². The van der Waals surface area contributed by atoms with Gasteiger partial charge in [0.15, 0.2) is 5.78 Å². The smallest absolute Gasteiger partial charge is 0.339 e. The number of carboxylic acid groups (broad SMARTS) is 1. The Labute approximate surface area is 307 Å². The van der Waals surface area contributed by atoms with Gasteiger partial charge in [-0.3, -0.25) is 19.6 Å². The van der Waals surface area contributed by atoms with Gasteiger partial charge in [0.25, 0.3) is 16.0 Å². The number of nitrogens with two attached hydrogens (primary N) is 2. The molecule has 16 nitrogen and oxygen atoms in total. The van der Waals surface area contributed by atoms with Crippen molar-refractivity contribution in [2.75, 3.05) is 22.2 Å². The van der Waals surface area contributed by atoms with Crippen molar-refractivity contribution in [3.63, 3.8) is 0 Å². The number of ketones is 1. The third kappa shape index (κ3) is 8.39. The predicted octanol–water partition coefficient (Wildman–Crippen LogP) is 7.56. The summed E-state index contributed by atoms with van der Waals surface area (Å²) in [5.74, 6) is -2.33. The zero-order chi connectivity index (χ0) is 38.6. The highest BCUT2D eigenvalue weighted by Crippen LogP contribution is 2.41. The summed E-state index contributed by atoms with van der Waals surface area (Å²) in [6.07, 6.45) is 3.71. The summed E-state index contributed by atoms with van der Waals surface area (Å²) in [7, 11) is -4.34. The van der Waals surface area contributed by atoms with Gasteiger partial charge in [0.1, 0.15) is 16.9 Å². The Morgan fingerprint density at radius 3 is 2.06 bits per heavy atom. The fourth-order valence-electron chi connectivity index (χ4n) is 5.05. The Morgan fingerprint density at radius 1 is 0.741 bits per heavy atom. The summed E-state index contributed by atoms with van der Waals surface area (Å²) in [6.45, 7) is 1.76. The maximum absolute atomic E-state index is 12.9. The fourth-order valence-corrected chi connectivity index (χ4v) is 5.57. The van der Waals surface area contributed by atoms with E-state index < -0.39 is 21.9 Å². The molecule has 0 aromatic heterocycles. The molecule has 0 bridgehead atoms. The molecule has 54 heavy (non-hydrogen) atoms. The molecule has 270 valence electrons.